The van der Waals surface area contributed by atoms with Crippen LogP contribution in [-0.2, 0) is 32.7 Å². The summed E-state index contributed by atoms with van der Waals surface area (Å²) in [5.41, 5.74) is 0. The molecule has 1 nitrogen and oxygen atoms in total. The third-order valence-corrected chi connectivity index (χ3v) is 1.16. The molecule has 0 fully saturated rings. The minimum Gasteiger partial charge on any atom is -0.446 e. The summed E-state index contributed by atoms with van der Waals surface area (Å²) in [6, 6.07) is 0. The molecule has 1 heterocycles. The topological polar surface area (TPSA) is 12.9 Å². The maximum absolute atomic E-state index is 3.81. The van der Waals surface area contributed by atoms with Gasteiger partial charge in [-0.15, -0.1) is 6.20 Å². The van der Waals surface area contributed by atoms with E-state index < -0.39 is 0 Å². The summed E-state index contributed by atoms with van der Waals surface area (Å²) in [6.07, 6.45) is 2.70. The van der Waals surface area contributed by atoms with Crippen LogP contribution in [0.2, 0.25) is 0 Å². The van der Waals surface area contributed by atoms with Crippen molar-refractivity contribution in [2.75, 3.05) is 0 Å². The van der Waals surface area contributed by atoms with E-state index in [1.807, 2.05) is 12.3 Å². The monoisotopic (exact) mass is 187 g/mol. The number of hydrogen-bond acceptors (Lipinski definition) is 2. The van der Waals surface area contributed by atoms with Crippen molar-refractivity contribution in [1.29, 1.82) is 0 Å². The molecule has 0 bridgehead atoms. The van der Waals surface area contributed by atoms with E-state index in [0.717, 1.165) is 5.01 Å². The molecule has 1 aromatic rings. The summed E-state index contributed by atoms with van der Waals surface area (Å²) in [5.74, 6) is 0. The van der Waals surface area contributed by atoms with Gasteiger partial charge in [0.2, 0.25) is 0 Å². The predicted molar refractivity (Wildman–Crippen MR) is 25.7 cm³/mol. The first-order valence-electron chi connectivity index (χ1n) is 1.68. The quantitative estimate of drug-likeness (QED) is 0.557. The number of nitrogens with zero attached hydrogens (tertiary/aromatic N) is 1. The number of thiazole rings is 1. The van der Waals surface area contributed by atoms with Gasteiger partial charge in [-0.1, -0.05) is 17.3 Å². The Hall–Kier alpha value is 0.734. The molecule has 1 radical (unpaired) electrons. The Bertz CT molecular complexity index is 115. The van der Waals surface area contributed by atoms with Gasteiger partial charge < -0.3 is 4.98 Å². The molecule has 1 aromatic heterocycles. The van der Waals surface area contributed by atoms with Gasteiger partial charge in [-0.3, -0.25) is 0 Å². The van der Waals surface area contributed by atoms with Crippen LogP contribution in [0, 0.1) is 13.1 Å². The molecule has 0 aliphatic carbocycles. The average Bonchev–Trinajstić information content (AvgIpc) is 1.86. The van der Waals surface area contributed by atoms with Crippen molar-refractivity contribution in [3.05, 3.63) is 16.6 Å². The molecule has 3 heteroatoms. The van der Waals surface area contributed by atoms with Gasteiger partial charge in [0.05, 0.1) is 0 Å². The minimum absolute atomic E-state index is 0. The maximum atomic E-state index is 3.81. The largest absolute Gasteiger partial charge is 0.446 e. The molecule has 0 atom stereocenters. The molecule has 0 aromatic carbocycles. The Kier molecular flexibility index (Phi) is 4.09. The normalized spacial score (nSPS) is 7.57. The van der Waals surface area contributed by atoms with Gasteiger partial charge >= 0.3 is 0 Å². The number of rotatable bonds is 0. The van der Waals surface area contributed by atoms with Crippen molar-refractivity contribution in [2.24, 2.45) is 0 Å². The number of aryl methyl sites for hydroxylation is 1. The van der Waals surface area contributed by atoms with Crippen molar-refractivity contribution in [2.45, 2.75) is 6.92 Å². The fourth-order valence-electron chi connectivity index (χ4n) is 0.255. The van der Waals surface area contributed by atoms with E-state index in [-0.39, 0.29) is 32.7 Å². The fraction of sp³-hybridized carbons (Fsp3) is 0.250. The second-order valence-electron chi connectivity index (χ2n) is 0.996. The standard InChI is InChI=1S/C4H4NS.Y/c1-4-5-2-3-6-4;/h3H,1H3;/q-1;. The summed E-state index contributed by atoms with van der Waals surface area (Å²) in [4.78, 5) is 3.81. The molecule has 0 aliphatic heterocycles. The molecule has 7 heavy (non-hydrogen) atoms. The van der Waals surface area contributed by atoms with E-state index in [1.165, 1.54) is 0 Å². The molecule has 0 N–H and O–H groups in total. The third-order valence-electron chi connectivity index (χ3n) is 0.504. The Morgan fingerprint density at radius 3 is 2.71 bits per heavy atom. The molecule has 35 valence electrons. The first kappa shape index (κ1) is 7.73. The number of hydrogen-bond donors (Lipinski definition) is 0. The molecular weight excluding hydrogens is 183 g/mol. The molecule has 0 spiro atoms. The van der Waals surface area contributed by atoms with Crippen molar-refractivity contribution < 1.29 is 32.7 Å². The van der Waals surface area contributed by atoms with Crippen LogP contribution in [0.4, 0.5) is 0 Å². The summed E-state index contributed by atoms with van der Waals surface area (Å²) < 4.78 is 0. The van der Waals surface area contributed by atoms with E-state index >= 15 is 0 Å². The Balaban J connectivity index is 0.000000360. The van der Waals surface area contributed by atoms with E-state index in [2.05, 4.69) is 11.2 Å². The van der Waals surface area contributed by atoms with Gasteiger partial charge in [-0.05, 0) is 0 Å². The van der Waals surface area contributed by atoms with Crippen LogP contribution in [0.1, 0.15) is 5.01 Å². The zero-order chi connectivity index (χ0) is 4.41. The van der Waals surface area contributed by atoms with Crippen molar-refractivity contribution in [1.82, 2.24) is 4.98 Å². The van der Waals surface area contributed by atoms with Crippen LogP contribution < -0.4 is 0 Å². The SMILES string of the molecule is Cc1n[c-]cs1.[Y]. The second-order valence-corrected chi connectivity index (χ2v) is 2.06. The van der Waals surface area contributed by atoms with Gasteiger partial charge in [0.25, 0.3) is 0 Å². The van der Waals surface area contributed by atoms with Crippen molar-refractivity contribution >= 4 is 11.3 Å². The summed E-state index contributed by atoms with van der Waals surface area (Å²) in [7, 11) is 0. The van der Waals surface area contributed by atoms with Gasteiger partial charge in [-0.25, -0.2) is 11.3 Å². The first-order chi connectivity index (χ1) is 2.89. The molecule has 0 aliphatic rings. The number of aromatic nitrogens is 1. The van der Waals surface area contributed by atoms with Crippen LogP contribution in [-0.4, -0.2) is 4.98 Å². The van der Waals surface area contributed by atoms with Gasteiger partial charge in [0, 0.05) is 32.7 Å². The Labute approximate surface area is 72.0 Å². The van der Waals surface area contributed by atoms with Crippen LogP contribution >= 0.6 is 11.3 Å². The van der Waals surface area contributed by atoms with Crippen LogP contribution in [0.25, 0.3) is 0 Å². The van der Waals surface area contributed by atoms with Crippen LogP contribution in [0.15, 0.2) is 5.38 Å². The van der Waals surface area contributed by atoms with E-state index in [1.54, 1.807) is 11.3 Å². The smallest absolute Gasteiger partial charge is 0 e. The van der Waals surface area contributed by atoms with Crippen molar-refractivity contribution in [3.63, 3.8) is 0 Å². The third kappa shape index (κ3) is 2.52. The van der Waals surface area contributed by atoms with E-state index in [0.29, 0.717) is 0 Å². The van der Waals surface area contributed by atoms with Gasteiger partial charge in [0.1, 0.15) is 0 Å². The fourth-order valence-corrected chi connectivity index (χ4v) is 0.637. The second kappa shape index (κ2) is 3.70. The minimum atomic E-state index is 0. The molecular formula is C4H4NSY-. The zero-order valence-electron chi connectivity index (χ0n) is 4.01. The zero-order valence-corrected chi connectivity index (χ0v) is 7.66. The Morgan fingerprint density at radius 2 is 2.57 bits per heavy atom. The van der Waals surface area contributed by atoms with Gasteiger partial charge in [-0.2, -0.15) is 0 Å². The van der Waals surface area contributed by atoms with Crippen LogP contribution in [0.3, 0.4) is 0 Å². The molecule has 0 amide bonds. The first-order valence-corrected chi connectivity index (χ1v) is 2.56. The maximum Gasteiger partial charge on any atom is 0 e. The summed E-state index contributed by atoms with van der Waals surface area (Å²) >= 11 is 1.61. The molecule has 0 saturated heterocycles. The van der Waals surface area contributed by atoms with E-state index in [4.69, 9.17) is 0 Å². The predicted octanol–water partition coefficient (Wildman–Crippen LogP) is 1.25. The molecule has 1 rings (SSSR count). The molecule has 0 saturated carbocycles. The van der Waals surface area contributed by atoms with Gasteiger partial charge in [0.15, 0.2) is 0 Å². The summed E-state index contributed by atoms with van der Waals surface area (Å²) in [5, 5.41) is 2.92. The van der Waals surface area contributed by atoms with Crippen molar-refractivity contribution in [3.8, 4) is 0 Å². The Morgan fingerprint density at radius 1 is 1.86 bits per heavy atom. The van der Waals surface area contributed by atoms with E-state index in [9.17, 15) is 0 Å². The average molecular weight is 187 g/mol. The van der Waals surface area contributed by atoms with Crippen LogP contribution in [0.5, 0.6) is 0 Å². The summed E-state index contributed by atoms with van der Waals surface area (Å²) in [6.45, 7) is 1.96. The molecule has 0 unspecified atom stereocenters.